The van der Waals surface area contributed by atoms with Crippen LogP contribution in [0.4, 0.5) is 0 Å². The van der Waals surface area contributed by atoms with Crippen LogP contribution in [0.1, 0.15) is 18.1 Å². The van der Waals surface area contributed by atoms with E-state index >= 15 is 0 Å². The fourth-order valence-electron chi connectivity index (χ4n) is 3.28. The fourth-order valence-corrected chi connectivity index (χ4v) is 3.28. The maximum Gasteiger partial charge on any atom is 0.119 e. The number of morpholine rings is 1. The molecule has 6 nitrogen and oxygen atoms in total. The van der Waals surface area contributed by atoms with Crippen LogP contribution in [0.25, 0.3) is 0 Å². The third kappa shape index (κ3) is 5.05. The predicted molar refractivity (Wildman–Crippen MR) is 105 cm³/mol. The number of ether oxygens (including phenoxy) is 2. The van der Waals surface area contributed by atoms with E-state index in [1.54, 1.807) is 12.4 Å². The lowest BCUT2D eigenvalue weighted by Gasteiger charge is -2.47. The Morgan fingerprint density at radius 1 is 1.22 bits per heavy atom. The summed E-state index contributed by atoms with van der Waals surface area (Å²) < 4.78 is 11.5. The van der Waals surface area contributed by atoms with Gasteiger partial charge >= 0.3 is 0 Å². The van der Waals surface area contributed by atoms with Crippen LogP contribution in [0.15, 0.2) is 48.8 Å². The number of hydrogen-bond acceptors (Lipinski definition) is 6. The molecule has 0 bridgehead atoms. The summed E-state index contributed by atoms with van der Waals surface area (Å²) >= 11 is 0. The van der Waals surface area contributed by atoms with Gasteiger partial charge in [0, 0.05) is 31.5 Å². The zero-order valence-corrected chi connectivity index (χ0v) is 16.1. The highest BCUT2D eigenvalue weighted by Gasteiger charge is 2.39. The lowest BCUT2D eigenvalue weighted by atomic mass is 9.96. The number of benzene rings is 1. The topological polar surface area (TPSA) is 66.8 Å². The average Bonchev–Trinajstić information content (AvgIpc) is 2.71. The van der Waals surface area contributed by atoms with Crippen molar-refractivity contribution in [3.05, 3.63) is 59.9 Å². The van der Waals surface area contributed by atoms with Gasteiger partial charge in [0.25, 0.3) is 0 Å². The van der Waals surface area contributed by atoms with Crippen LogP contribution in [-0.4, -0.2) is 60.0 Å². The van der Waals surface area contributed by atoms with Crippen LogP contribution in [0.3, 0.4) is 0 Å². The highest BCUT2D eigenvalue weighted by atomic mass is 16.5. The van der Waals surface area contributed by atoms with Crippen LogP contribution in [-0.2, 0) is 17.9 Å². The highest BCUT2D eigenvalue weighted by molar-refractivity contribution is 5.27. The van der Waals surface area contributed by atoms with Crippen molar-refractivity contribution in [2.45, 2.75) is 31.7 Å². The van der Waals surface area contributed by atoms with Crippen molar-refractivity contribution in [3.63, 3.8) is 0 Å². The number of aromatic nitrogens is 1. The Bertz CT molecular complexity index is 696. The molecule has 6 heteroatoms. The van der Waals surface area contributed by atoms with E-state index in [2.05, 4.69) is 41.3 Å². The van der Waals surface area contributed by atoms with E-state index in [0.29, 0.717) is 32.4 Å². The zero-order chi connectivity index (χ0) is 19.1. The zero-order valence-electron chi connectivity index (χ0n) is 16.1. The summed E-state index contributed by atoms with van der Waals surface area (Å²) in [6.07, 6.45) is 3.53. The van der Waals surface area contributed by atoms with Crippen LogP contribution in [0.2, 0.25) is 0 Å². The number of hydrogen-bond donors (Lipinski definition) is 2. The minimum atomic E-state index is -0.370. The summed E-state index contributed by atoms with van der Waals surface area (Å²) in [5.41, 5.74) is 1.90. The standard InChI is InChI=1S/C21H29N3O3/c1-17-12-26-16-21(15-25,24(17)2)14-23-11-18-3-5-20(6-4-18)27-13-19-7-9-22-10-8-19/h3-10,17,23,25H,11-16H2,1-2H3/t17-,21+/m1/s1. The predicted octanol–water partition coefficient (Wildman–Crippen LogP) is 1.83. The summed E-state index contributed by atoms with van der Waals surface area (Å²) in [5.74, 6) is 0.844. The van der Waals surface area contributed by atoms with E-state index in [-0.39, 0.29) is 12.1 Å². The fraction of sp³-hybridized carbons (Fsp3) is 0.476. The van der Waals surface area contributed by atoms with Gasteiger partial charge in [0.05, 0.1) is 25.4 Å². The number of nitrogens with zero attached hydrogens (tertiary/aromatic N) is 2. The third-order valence-electron chi connectivity index (χ3n) is 5.29. The van der Waals surface area contributed by atoms with Gasteiger partial charge in [-0.25, -0.2) is 0 Å². The molecule has 1 aromatic carbocycles. The third-order valence-corrected chi connectivity index (χ3v) is 5.29. The number of rotatable bonds is 8. The van der Waals surface area contributed by atoms with Gasteiger partial charge in [0.2, 0.25) is 0 Å². The maximum absolute atomic E-state index is 9.93. The molecule has 0 unspecified atom stereocenters. The van der Waals surface area contributed by atoms with Gasteiger partial charge in [-0.3, -0.25) is 9.88 Å². The lowest BCUT2D eigenvalue weighted by molar-refractivity contribution is -0.106. The van der Waals surface area contributed by atoms with E-state index in [4.69, 9.17) is 9.47 Å². The van der Waals surface area contributed by atoms with Crippen molar-refractivity contribution >= 4 is 0 Å². The Hall–Kier alpha value is -1.99. The van der Waals surface area contributed by atoms with Crippen molar-refractivity contribution in [3.8, 4) is 5.75 Å². The molecule has 27 heavy (non-hydrogen) atoms. The van der Waals surface area contributed by atoms with Crippen LogP contribution in [0.5, 0.6) is 5.75 Å². The van der Waals surface area contributed by atoms with Crippen LogP contribution >= 0.6 is 0 Å². The monoisotopic (exact) mass is 371 g/mol. The molecular weight excluding hydrogens is 342 g/mol. The first-order valence-electron chi connectivity index (χ1n) is 9.36. The second kappa shape index (κ2) is 9.28. The second-order valence-electron chi connectivity index (χ2n) is 7.25. The number of aliphatic hydroxyl groups is 1. The van der Waals surface area contributed by atoms with E-state index in [1.807, 2.05) is 24.3 Å². The molecule has 2 aromatic rings. The Morgan fingerprint density at radius 2 is 1.96 bits per heavy atom. The van der Waals surface area contributed by atoms with Gasteiger partial charge in [0.15, 0.2) is 0 Å². The summed E-state index contributed by atoms with van der Waals surface area (Å²) in [5, 5.41) is 13.4. The lowest BCUT2D eigenvalue weighted by Crippen LogP contribution is -2.65. The molecule has 0 spiro atoms. The van der Waals surface area contributed by atoms with Gasteiger partial charge in [0.1, 0.15) is 12.4 Å². The van der Waals surface area contributed by atoms with Crippen molar-refractivity contribution < 1.29 is 14.6 Å². The SMILES string of the molecule is C[C@@H]1COC[C@@](CO)(CNCc2ccc(OCc3ccncc3)cc2)N1C. The summed E-state index contributed by atoms with van der Waals surface area (Å²) in [6.45, 7) is 5.37. The smallest absolute Gasteiger partial charge is 0.119 e. The van der Waals surface area contributed by atoms with Crippen molar-refractivity contribution in [2.24, 2.45) is 0 Å². The van der Waals surface area contributed by atoms with Gasteiger partial charge in [-0.15, -0.1) is 0 Å². The van der Waals surface area contributed by atoms with E-state index in [0.717, 1.165) is 17.9 Å². The molecule has 1 aliphatic rings. The highest BCUT2D eigenvalue weighted by Crippen LogP contribution is 2.22. The molecule has 0 amide bonds. The molecule has 2 heterocycles. The molecule has 0 saturated carbocycles. The molecule has 146 valence electrons. The first kappa shape index (κ1) is 19.8. The number of pyridine rings is 1. The Morgan fingerprint density at radius 3 is 2.67 bits per heavy atom. The van der Waals surface area contributed by atoms with E-state index in [1.165, 1.54) is 5.56 Å². The molecule has 1 aliphatic heterocycles. The summed E-state index contributed by atoms with van der Waals surface area (Å²) in [4.78, 5) is 6.23. The van der Waals surface area contributed by atoms with Crippen LogP contribution in [0, 0.1) is 0 Å². The maximum atomic E-state index is 9.93. The Balaban J connectivity index is 1.48. The molecular formula is C21H29N3O3. The quantitative estimate of drug-likeness (QED) is 0.738. The molecule has 1 fully saturated rings. The molecule has 3 rings (SSSR count). The molecule has 1 aromatic heterocycles. The molecule has 2 N–H and O–H groups in total. The summed E-state index contributed by atoms with van der Waals surface area (Å²) in [6, 6.07) is 12.3. The first-order valence-corrected chi connectivity index (χ1v) is 9.36. The summed E-state index contributed by atoms with van der Waals surface area (Å²) in [7, 11) is 2.06. The second-order valence-corrected chi connectivity index (χ2v) is 7.25. The van der Waals surface area contributed by atoms with Crippen molar-refractivity contribution in [1.82, 2.24) is 15.2 Å². The number of likely N-dealkylation sites (N-methyl/N-ethyl adjacent to an activating group) is 1. The Labute approximate surface area is 161 Å². The molecule has 0 radical (unpaired) electrons. The van der Waals surface area contributed by atoms with E-state index < -0.39 is 0 Å². The minimum absolute atomic E-state index is 0.0720. The van der Waals surface area contributed by atoms with Crippen molar-refractivity contribution in [1.29, 1.82) is 0 Å². The van der Waals surface area contributed by atoms with Crippen molar-refractivity contribution in [2.75, 3.05) is 33.4 Å². The molecule has 2 atom stereocenters. The number of nitrogens with one attached hydrogen (secondary N) is 1. The first-order chi connectivity index (χ1) is 13.1. The average molecular weight is 371 g/mol. The largest absolute Gasteiger partial charge is 0.489 e. The molecule has 0 aliphatic carbocycles. The van der Waals surface area contributed by atoms with E-state index in [9.17, 15) is 5.11 Å². The normalized spacial score (nSPS) is 23.3. The van der Waals surface area contributed by atoms with Gasteiger partial charge in [-0.1, -0.05) is 12.1 Å². The minimum Gasteiger partial charge on any atom is -0.489 e. The van der Waals surface area contributed by atoms with Gasteiger partial charge in [-0.05, 0) is 49.4 Å². The Kier molecular flexibility index (Phi) is 6.79. The van der Waals surface area contributed by atoms with Gasteiger partial charge in [-0.2, -0.15) is 0 Å². The van der Waals surface area contributed by atoms with Gasteiger partial charge < -0.3 is 19.9 Å². The molecule has 1 saturated heterocycles. The van der Waals surface area contributed by atoms with Crippen LogP contribution < -0.4 is 10.1 Å². The number of aliphatic hydroxyl groups excluding tert-OH is 1.